The zero-order chi connectivity index (χ0) is 68.9. The first-order chi connectivity index (χ1) is 44.6. The van der Waals surface area contributed by atoms with E-state index in [1.165, 1.54) is 167 Å². The Balaban J connectivity index is 5.25. The molecule has 93 heavy (non-hydrogen) atoms. The van der Waals surface area contributed by atoms with Gasteiger partial charge < -0.3 is 33.8 Å². The van der Waals surface area contributed by atoms with Crippen molar-refractivity contribution in [2.45, 2.75) is 388 Å². The smallest absolute Gasteiger partial charge is 0.462 e. The van der Waals surface area contributed by atoms with E-state index in [1.54, 1.807) is 0 Å². The molecule has 0 bridgehead atoms. The Morgan fingerprint density at radius 1 is 0.301 bits per heavy atom. The average molecular weight is 1370 g/mol. The normalized spacial score (nSPS) is 14.5. The predicted molar refractivity (Wildman–Crippen MR) is 377 cm³/mol. The number of esters is 4. The number of aliphatic hydroxyl groups is 1. The number of carbonyl (C=O) groups excluding carboxylic acids is 4. The fourth-order valence-electron chi connectivity index (χ4n) is 11.2. The van der Waals surface area contributed by atoms with Gasteiger partial charge in [-0.05, 0) is 49.4 Å². The van der Waals surface area contributed by atoms with Crippen LogP contribution in [0.3, 0.4) is 0 Å². The van der Waals surface area contributed by atoms with Crippen molar-refractivity contribution in [3.05, 3.63) is 0 Å². The van der Waals surface area contributed by atoms with Gasteiger partial charge in [-0.25, -0.2) is 9.13 Å². The van der Waals surface area contributed by atoms with Gasteiger partial charge in [-0.1, -0.05) is 319 Å². The molecule has 0 heterocycles. The van der Waals surface area contributed by atoms with Gasteiger partial charge >= 0.3 is 39.5 Å². The Hall–Kier alpha value is -1.94. The molecule has 0 spiro atoms. The molecule has 19 heteroatoms. The van der Waals surface area contributed by atoms with Crippen LogP contribution in [0.1, 0.15) is 370 Å². The van der Waals surface area contributed by atoms with Crippen LogP contribution in [-0.4, -0.2) is 96.7 Å². The molecule has 0 fully saturated rings. The van der Waals surface area contributed by atoms with Crippen LogP contribution in [0.4, 0.5) is 0 Å². The minimum Gasteiger partial charge on any atom is -0.462 e. The van der Waals surface area contributed by atoms with Gasteiger partial charge in [-0.15, -0.1) is 0 Å². The molecule has 4 unspecified atom stereocenters. The van der Waals surface area contributed by atoms with Crippen molar-refractivity contribution in [2.24, 2.45) is 23.7 Å². The maximum absolute atomic E-state index is 13.1. The third kappa shape index (κ3) is 67.0. The lowest BCUT2D eigenvalue weighted by Crippen LogP contribution is -2.30. The lowest BCUT2D eigenvalue weighted by Gasteiger charge is -2.21. The molecule has 0 saturated heterocycles. The molecule has 0 radical (unpaired) electrons. The topological polar surface area (TPSA) is 237 Å². The van der Waals surface area contributed by atoms with E-state index in [-0.39, 0.29) is 25.7 Å². The Labute approximate surface area is 568 Å². The minimum atomic E-state index is -4.96. The van der Waals surface area contributed by atoms with Crippen LogP contribution in [0.25, 0.3) is 0 Å². The number of ether oxygens (including phenoxy) is 4. The van der Waals surface area contributed by atoms with Gasteiger partial charge in [0, 0.05) is 25.7 Å². The van der Waals surface area contributed by atoms with Crippen LogP contribution in [-0.2, 0) is 65.4 Å². The van der Waals surface area contributed by atoms with Crippen molar-refractivity contribution in [3.63, 3.8) is 0 Å². The van der Waals surface area contributed by atoms with Gasteiger partial charge in [-0.2, -0.15) is 0 Å². The van der Waals surface area contributed by atoms with E-state index in [2.05, 4.69) is 55.4 Å². The first-order valence-electron chi connectivity index (χ1n) is 38.2. The summed E-state index contributed by atoms with van der Waals surface area (Å²) in [5, 5.41) is 10.6. The molecule has 0 rings (SSSR count). The summed E-state index contributed by atoms with van der Waals surface area (Å²) < 4.78 is 68.5. The average Bonchev–Trinajstić information content (AvgIpc) is 1.93. The second-order valence-corrected chi connectivity index (χ2v) is 31.3. The second-order valence-electron chi connectivity index (χ2n) is 28.4. The standard InChI is InChI=1S/C74H144O17P2/c1-9-67(8)53-45-37-29-21-16-18-24-32-41-49-57-74(79)91-70(61-85-72(77)55-47-39-33-25-28-36-44-52-66(6)7)63-89-93(82,83)87-59-68(75)58-86-92(80,81)88-62-69(90-73(78)56-48-40-31-23-17-15-20-27-35-43-51-65(4)5)60-84-71(76)54-46-38-30-22-14-12-10-11-13-19-26-34-42-50-64(2)3/h64-70,75H,9-63H2,1-8H3,(H,80,81)(H,82,83)/t67?,68?,69-,70-/m1/s1. The summed E-state index contributed by atoms with van der Waals surface area (Å²) >= 11 is 0. The first kappa shape index (κ1) is 91.1. The van der Waals surface area contributed by atoms with E-state index in [0.29, 0.717) is 31.6 Å². The number of carbonyl (C=O) groups is 4. The number of aliphatic hydroxyl groups excluding tert-OH is 1. The highest BCUT2D eigenvalue weighted by Gasteiger charge is 2.30. The van der Waals surface area contributed by atoms with E-state index >= 15 is 0 Å². The summed E-state index contributed by atoms with van der Waals surface area (Å²) in [4.78, 5) is 72.7. The van der Waals surface area contributed by atoms with Crippen LogP contribution < -0.4 is 0 Å². The molecule has 552 valence electrons. The summed E-state index contributed by atoms with van der Waals surface area (Å²) in [6.07, 6.45) is 47.1. The van der Waals surface area contributed by atoms with E-state index < -0.39 is 97.5 Å². The maximum atomic E-state index is 13.1. The number of rotatable bonds is 71. The van der Waals surface area contributed by atoms with Gasteiger partial charge in [0.15, 0.2) is 12.2 Å². The van der Waals surface area contributed by atoms with Crippen molar-refractivity contribution in [1.82, 2.24) is 0 Å². The van der Waals surface area contributed by atoms with Gasteiger partial charge in [-0.3, -0.25) is 37.3 Å². The molecule has 3 N–H and O–H groups in total. The van der Waals surface area contributed by atoms with E-state index in [0.717, 1.165) is 114 Å². The van der Waals surface area contributed by atoms with Crippen LogP contribution in [0.15, 0.2) is 0 Å². The SMILES string of the molecule is CCC(C)CCCCCCCCCCCCC(=O)O[C@H](COC(=O)CCCCCCCCCC(C)C)COP(=O)(O)OCC(O)COP(=O)(O)OC[C@@H](COC(=O)CCCCCCCCCCCCCCCC(C)C)OC(=O)CCCCCCCCCCCCC(C)C. The van der Waals surface area contributed by atoms with Gasteiger partial charge in [0.2, 0.25) is 0 Å². The van der Waals surface area contributed by atoms with Crippen molar-refractivity contribution < 1.29 is 80.2 Å². The van der Waals surface area contributed by atoms with Crippen molar-refractivity contribution in [1.29, 1.82) is 0 Å². The number of phosphoric acid groups is 2. The molecule has 0 aromatic carbocycles. The molecule has 0 aliphatic heterocycles. The van der Waals surface area contributed by atoms with Crippen molar-refractivity contribution in [3.8, 4) is 0 Å². The number of phosphoric ester groups is 2. The molecule has 0 aromatic heterocycles. The van der Waals surface area contributed by atoms with E-state index in [4.69, 9.17) is 37.0 Å². The van der Waals surface area contributed by atoms with Crippen LogP contribution in [0.2, 0.25) is 0 Å². The van der Waals surface area contributed by atoms with E-state index in [1.807, 2.05) is 0 Å². The monoisotopic (exact) mass is 1370 g/mol. The Kier molecular flexibility index (Phi) is 62.2. The molecular formula is C74H144O17P2. The zero-order valence-corrected chi connectivity index (χ0v) is 62.7. The highest BCUT2D eigenvalue weighted by Crippen LogP contribution is 2.45. The van der Waals surface area contributed by atoms with Crippen molar-refractivity contribution in [2.75, 3.05) is 39.6 Å². The summed E-state index contributed by atoms with van der Waals surface area (Å²) in [5.41, 5.74) is 0. The van der Waals surface area contributed by atoms with Crippen LogP contribution in [0.5, 0.6) is 0 Å². The highest BCUT2D eigenvalue weighted by atomic mass is 31.2. The molecule has 0 aliphatic carbocycles. The zero-order valence-electron chi connectivity index (χ0n) is 60.9. The predicted octanol–water partition coefficient (Wildman–Crippen LogP) is 21.3. The van der Waals surface area contributed by atoms with Crippen molar-refractivity contribution >= 4 is 39.5 Å². The molecule has 0 aromatic rings. The summed E-state index contributed by atoms with van der Waals surface area (Å²) in [6.45, 7) is 14.2. The third-order valence-electron chi connectivity index (χ3n) is 17.4. The van der Waals surface area contributed by atoms with Gasteiger partial charge in [0.1, 0.15) is 19.3 Å². The highest BCUT2D eigenvalue weighted by molar-refractivity contribution is 7.47. The van der Waals surface area contributed by atoms with E-state index in [9.17, 15) is 43.2 Å². The molecular weight excluding hydrogens is 1220 g/mol. The summed E-state index contributed by atoms with van der Waals surface area (Å²) in [6, 6.07) is 0. The van der Waals surface area contributed by atoms with Crippen LogP contribution >= 0.6 is 15.6 Å². The minimum absolute atomic E-state index is 0.105. The summed E-state index contributed by atoms with van der Waals surface area (Å²) in [5.74, 6) is 0.927. The summed E-state index contributed by atoms with van der Waals surface area (Å²) in [7, 11) is -9.91. The Morgan fingerprint density at radius 2 is 0.516 bits per heavy atom. The number of hydrogen-bond donors (Lipinski definition) is 3. The molecule has 0 aliphatic rings. The lowest BCUT2D eigenvalue weighted by atomic mass is 9.99. The van der Waals surface area contributed by atoms with Crippen LogP contribution in [0, 0.1) is 23.7 Å². The largest absolute Gasteiger partial charge is 0.472 e. The maximum Gasteiger partial charge on any atom is 0.472 e. The molecule has 0 saturated carbocycles. The van der Waals surface area contributed by atoms with Gasteiger partial charge in [0.05, 0.1) is 26.4 Å². The molecule has 6 atom stereocenters. The number of unbranched alkanes of at least 4 members (excludes halogenated alkanes) is 36. The molecule has 0 amide bonds. The second kappa shape index (κ2) is 63.5. The fraction of sp³-hybridized carbons (Fsp3) is 0.946. The third-order valence-corrected chi connectivity index (χ3v) is 19.3. The first-order valence-corrected chi connectivity index (χ1v) is 41.2. The quantitative estimate of drug-likeness (QED) is 0.0222. The molecule has 17 nitrogen and oxygen atoms in total. The number of hydrogen-bond acceptors (Lipinski definition) is 15. The Morgan fingerprint density at radius 3 is 0.763 bits per heavy atom. The van der Waals surface area contributed by atoms with Gasteiger partial charge in [0.25, 0.3) is 0 Å². The fourth-order valence-corrected chi connectivity index (χ4v) is 12.7. The lowest BCUT2D eigenvalue weighted by molar-refractivity contribution is -0.161. The Bertz CT molecular complexity index is 1840.